The number of hydrogen-bond donors (Lipinski definition) is 0. The lowest BCUT2D eigenvalue weighted by Crippen LogP contribution is -2.58. The Kier molecular flexibility index (Phi) is 4.03. The summed E-state index contributed by atoms with van der Waals surface area (Å²) in [5.74, 6) is 0. The van der Waals surface area contributed by atoms with Crippen LogP contribution in [0.4, 0.5) is 0 Å². The molecular weight excluding hydrogens is 234 g/mol. The van der Waals surface area contributed by atoms with Crippen molar-refractivity contribution < 1.29 is 4.84 Å². The highest BCUT2D eigenvalue weighted by atomic mass is 16.7. The molecule has 1 heterocycles. The van der Waals surface area contributed by atoms with Gasteiger partial charge in [0.15, 0.2) is 0 Å². The SMILES string of the molecule is CC(ON1C(C)(C)CCCC1(C)C)c1ccccc1. The monoisotopic (exact) mass is 261 g/mol. The Morgan fingerprint density at radius 2 is 1.53 bits per heavy atom. The maximum atomic E-state index is 6.34. The Bertz CT molecular complexity index is 395. The van der Waals surface area contributed by atoms with E-state index in [0.717, 1.165) is 0 Å². The molecule has 1 unspecified atom stereocenters. The molecule has 1 aromatic carbocycles. The van der Waals surface area contributed by atoms with Crippen LogP contribution in [0.1, 0.15) is 65.5 Å². The van der Waals surface area contributed by atoms with E-state index in [1.807, 2.05) is 6.07 Å². The fourth-order valence-corrected chi connectivity index (χ4v) is 3.20. The third-order valence-electron chi connectivity index (χ3n) is 4.21. The minimum atomic E-state index is 0.0952. The molecule has 106 valence electrons. The van der Waals surface area contributed by atoms with Crippen molar-refractivity contribution in [3.8, 4) is 0 Å². The summed E-state index contributed by atoms with van der Waals surface area (Å²) in [4.78, 5) is 6.34. The van der Waals surface area contributed by atoms with Gasteiger partial charge in [-0.1, -0.05) is 30.3 Å². The summed E-state index contributed by atoms with van der Waals surface area (Å²) in [6.45, 7) is 11.3. The summed E-state index contributed by atoms with van der Waals surface area (Å²) in [7, 11) is 0. The van der Waals surface area contributed by atoms with Gasteiger partial charge in [-0.05, 0) is 59.4 Å². The highest BCUT2D eigenvalue weighted by Gasteiger charge is 2.43. The molecule has 1 saturated heterocycles. The number of benzene rings is 1. The summed E-state index contributed by atoms with van der Waals surface area (Å²) in [6, 6.07) is 10.5. The van der Waals surface area contributed by atoms with Gasteiger partial charge >= 0.3 is 0 Å². The van der Waals surface area contributed by atoms with E-state index in [1.54, 1.807) is 0 Å². The predicted octanol–water partition coefficient (Wildman–Crippen LogP) is 4.72. The fourth-order valence-electron chi connectivity index (χ4n) is 3.20. The number of rotatable bonds is 3. The van der Waals surface area contributed by atoms with Crippen molar-refractivity contribution in [1.29, 1.82) is 0 Å². The molecule has 1 atom stereocenters. The van der Waals surface area contributed by atoms with Gasteiger partial charge in [-0.2, -0.15) is 5.06 Å². The fraction of sp³-hybridized carbons (Fsp3) is 0.647. The minimum absolute atomic E-state index is 0.0952. The standard InChI is InChI=1S/C17H27NO/c1-14(15-10-7-6-8-11-15)19-18-16(2,3)12-9-13-17(18,4)5/h6-8,10-11,14H,9,12-13H2,1-5H3. The maximum Gasteiger partial charge on any atom is 0.102 e. The van der Waals surface area contributed by atoms with Gasteiger partial charge in [-0.3, -0.25) is 4.84 Å². The molecule has 1 aliphatic heterocycles. The zero-order valence-electron chi connectivity index (χ0n) is 12.9. The van der Waals surface area contributed by atoms with E-state index in [2.05, 4.69) is 63.9 Å². The Labute approximate surface area is 117 Å². The van der Waals surface area contributed by atoms with Crippen molar-refractivity contribution in [3.63, 3.8) is 0 Å². The van der Waals surface area contributed by atoms with Crippen molar-refractivity contribution in [2.24, 2.45) is 0 Å². The molecule has 2 nitrogen and oxygen atoms in total. The van der Waals surface area contributed by atoms with E-state index in [4.69, 9.17) is 4.84 Å². The van der Waals surface area contributed by atoms with Gasteiger partial charge in [-0.15, -0.1) is 0 Å². The first-order valence-corrected chi connectivity index (χ1v) is 7.35. The normalized spacial score (nSPS) is 24.1. The van der Waals surface area contributed by atoms with Gasteiger partial charge < -0.3 is 0 Å². The molecule has 1 aliphatic rings. The maximum absolute atomic E-state index is 6.34. The largest absolute Gasteiger partial charge is 0.290 e. The lowest BCUT2D eigenvalue weighted by Gasteiger charge is -2.52. The van der Waals surface area contributed by atoms with Crippen LogP contribution in [0.5, 0.6) is 0 Å². The second-order valence-corrected chi connectivity index (χ2v) is 6.93. The van der Waals surface area contributed by atoms with E-state index in [1.165, 1.54) is 24.8 Å². The van der Waals surface area contributed by atoms with Crippen LogP contribution in [-0.2, 0) is 4.84 Å². The van der Waals surface area contributed by atoms with Crippen LogP contribution >= 0.6 is 0 Å². The van der Waals surface area contributed by atoms with Crippen molar-refractivity contribution in [2.75, 3.05) is 0 Å². The molecule has 0 bridgehead atoms. The Balaban J connectivity index is 2.15. The van der Waals surface area contributed by atoms with Crippen molar-refractivity contribution in [1.82, 2.24) is 5.06 Å². The molecule has 0 radical (unpaired) electrons. The van der Waals surface area contributed by atoms with Crippen molar-refractivity contribution in [3.05, 3.63) is 35.9 Å². The van der Waals surface area contributed by atoms with E-state index < -0.39 is 0 Å². The number of hydrogen-bond acceptors (Lipinski definition) is 2. The molecule has 19 heavy (non-hydrogen) atoms. The average Bonchev–Trinajstić information content (AvgIpc) is 2.34. The Morgan fingerprint density at radius 3 is 2.05 bits per heavy atom. The molecule has 2 rings (SSSR count). The zero-order chi connectivity index (χ0) is 14.1. The summed E-state index contributed by atoms with van der Waals surface area (Å²) in [5.41, 5.74) is 1.44. The molecule has 1 fully saturated rings. The first-order chi connectivity index (χ1) is 8.83. The van der Waals surface area contributed by atoms with Crippen LogP contribution in [-0.4, -0.2) is 16.1 Å². The van der Waals surface area contributed by atoms with Crippen LogP contribution in [0, 0.1) is 0 Å². The van der Waals surface area contributed by atoms with E-state index >= 15 is 0 Å². The first-order valence-electron chi connectivity index (χ1n) is 7.35. The molecule has 0 N–H and O–H groups in total. The first kappa shape index (κ1) is 14.5. The quantitative estimate of drug-likeness (QED) is 0.780. The molecule has 2 heteroatoms. The summed E-state index contributed by atoms with van der Waals surface area (Å²) in [6.07, 6.45) is 3.76. The summed E-state index contributed by atoms with van der Waals surface area (Å²) < 4.78 is 0. The third-order valence-corrected chi connectivity index (χ3v) is 4.21. The summed E-state index contributed by atoms with van der Waals surface area (Å²) in [5, 5.41) is 2.24. The Morgan fingerprint density at radius 1 is 1.00 bits per heavy atom. The van der Waals surface area contributed by atoms with E-state index in [9.17, 15) is 0 Å². The Hall–Kier alpha value is -0.860. The lowest BCUT2D eigenvalue weighted by molar-refractivity contribution is -0.304. The van der Waals surface area contributed by atoms with Gasteiger partial charge in [0.25, 0.3) is 0 Å². The predicted molar refractivity (Wildman–Crippen MR) is 79.8 cm³/mol. The molecular formula is C17H27NO. The van der Waals surface area contributed by atoms with Crippen LogP contribution in [0.3, 0.4) is 0 Å². The molecule has 0 spiro atoms. The van der Waals surface area contributed by atoms with E-state index in [-0.39, 0.29) is 17.2 Å². The molecule has 0 aliphatic carbocycles. The van der Waals surface area contributed by atoms with Crippen molar-refractivity contribution >= 4 is 0 Å². The van der Waals surface area contributed by atoms with E-state index in [0.29, 0.717) is 0 Å². The van der Waals surface area contributed by atoms with Crippen LogP contribution < -0.4 is 0 Å². The van der Waals surface area contributed by atoms with Gasteiger partial charge in [0, 0.05) is 11.1 Å². The highest BCUT2D eigenvalue weighted by molar-refractivity contribution is 5.16. The lowest BCUT2D eigenvalue weighted by atomic mass is 9.82. The van der Waals surface area contributed by atoms with Crippen LogP contribution in [0.25, 0.3) is 0 Å². The molecule has 1 aromatic rings. The van der Waals surface area contributed by atoms with Crippen molar-refractivity contribution in [2.45, 2.75) is 71.1 Å². The number of nitrogens with zero attached hydrogens (tertiary/aromatic N) is 1. The van der Waals surface area contributed by atoms with Crippen LogP contribution in [0.2, 0.25) is 0 Å². The topological polar surface area (TPSA) is 12.5 Å². The number of hydroxylamine groups is 2. The molecule has 0 amide bonds. The van der Waals surface area contributed by atoms with Gasteiger partial charge in [0.1, 0.15) is 6.10 Å². The van der Waals surface area contributed by atoms with Gasteiger partial charge in [0.05, 0.1) is 0 Å². The van der Waals surface area contributed by atoms with Crippen LogP contribution in [0.15, 0.2) is 30.3 Å². The highest BCUT2D eigenvalue weighted by Crippen LogP contribution is 2.40. The van der Waals surface area contributed by atoms with Gasteiger partial charge in [-0.25, -0.2) is 0 Å². The third kappa shape index (κ3) is 3.18. The number of piperidine rings is 1. The second kappa shape index (κ2) is 5.26. The summed E-state index contributed by atoms with van der Waals surface area (Å²) >= 11 is 0. The minimum Gasteiger partial charge on any atom is -0.290 e. The zero-order valence-corrected chi connectivity index (χ0v) is 12.9. The molecule has 0 saturated carbocycles. The average molecular weight is 261 g/mol. The van der Waals surface area contributed by atoms with Gasteiger partial charge in [0.2, 0.25) is 0 Å². The smallest absolute Gasteiger partial charge is 0.102 e. The molecule has 0 aromatic heterocycles. The second-order valence-electron chi connectivity index (χ2n) is 6.93.